The molecule has 0 unspecified atom stereocenters. The van der Waals surface area contributed by atoms with E-state index in [0.717, 1.165) is 70.2 Å². The summed E-state index contributed by atoms with van der Waals surface area (Å²) in [5.74, 6) is 1.24. The van der Waals surface area contributed by atoms with Crippen LogP contribution in [0.5, 0.6) is 5.75 Å². The first-order chi connectivity index (χ1) is 18.6. The van der Waals surface area contributed by atoms with E-state index in [9.17, 15) is 9.90 Å². The van der Waals surface area contributed by atoms with Crippen molar-refractivity contribution in [3.05, 3.63) is 59.7 Å². The van der Waals surface area contributed by atoms with Gasteiger partial charge in [0.05, 0.1) is 24.4 Å². The second-order valence-electron chi connectivity index (χ2n) is 12.0. The molecule has 0 spiro atoms. The molecule has 0 radical (unpaired) electrons. The van der Waals surface area contributed by atoms with E-state index >= 15 is 0 Å². The first-order valence-electron chi connectivity index (χ1n) is 14.6. The van der Waals surface area contributed by atoms with E-state index in [-0.39, 0.29) is 5.97 Å². The van der Waals surface area contributed by atoms with Crippen LogP contribution in [0, 0.1) is 5.92 Å². The molecule has 2 aliphatic rings. The zero-order valence-corrected chi connectivity index (χ0v) is 24.4. The Bertz CT molecular complexity index is 1030. The number of benzene rings is 2. The van der Waals surface area contributed by atoms with Gasteiger partial charge in [-0.05, 0) is 108 Å². The molecule has 2 aromatic rings. The van der Waals surface area contributed by atoms with Gasteiger partial charge in [-0.2, -0.15) is 0 Å². The third kappa shape index (κ3) is 8.44. The Morgan fingerprint density at radius 2 is 1.59 bits per heavy atom. The van der Waals surface area contributed by atoms with Gasteiger partial charge in [-0.15, -0.1) is 0 Å². The molecule has 0 aromatic heterocycles. The third-order valence-corrected chi connectivity index (χ3v) is 7.94. The number of likely N-dealkylation sites (tertiary alicyclic amines) is 1. The van der Waals surface area contributed by atoms with Gasteiger partial charge in [-0.1, -0.05) is 12.1 Å². The van der Waals surface area contributed by atoms with Crippen LogP contribution in [0.1, 0.15) is 63.4 Å². The van der Waals surface area contributed by atoms with Crippen LogP contribution in [0.2, 0.25) is 0 Å². The van der Waals surface area contributed by atoms with Crippen LogP contribution in [-0.4, -0.2) is 84.5 Å². The van der Waals surface area contributed by atoms with Crippen molar-refractivity contribution in [1.29, 1.82) is 0 Å². The number of nitrogens with zero attached hydrogens (tertiary/aromatic N) is 3. The average Bonchev–Trinajstić information content (AvgIpc) is 2.90. The van der Waals surface area contributed by atoms with E-state index in [2.05, 4.69) is 52.8 Å². The van der Waals surface area contributed by atoms with Crippen LogP contribution in [0.3, 0.4) is 0 Å². The maximum Gasteiger partial charge on any atom is 0.338 e. The van der Waals surface area contributed by atoms with Crippen LogP contribution in [-0.2, 0) is 11.3 Å². The number of carbonyl (C=O) groups is 1. The van der Waals surface area contributed by atoms with Crippen molar-refractivity contribution in [3.63, 3.8) is 0 Å². The SMILES string of the molecule is CCOC(=O)c1ccc(N2C[C@@H](C)N(Cc3ccc(OCC4CCN(CC(C)(C)O)CC4)cc3)[C@@H](C)C2)cc1. The van der Waals surface area contributed by atoms with Gasteiger partial charge >= 0.3 is 5.97 Å². The molecule has 0 saturated carbocycles. The first kappa shape index (κ1) is 29.4. The highest BCUT2D eigenvalue weighted by molar-refractivity contribution is 5.89. The Labute approximate surface area is 234 Å². The summed E-state index contributed by atoms with van der Waals surface area (Å²) >= 11 is 0. The standard InChI is InChI=1S/C32H47N3O4/c1-6-38-31(36)28-9-11-29(12-10-28)34-19-24(2)35(25(3)20-34)21-26-7-13-30(14-8-26)39-22-27-15-17-33(18-16-27)23-32(4,5)37/h7-14,24-25,27,37H,6,15-23H2,1-5H3/t24-,25+. The molecule has 2 aliphatic heterocycles. The van der Waals surface area contributed by atoms with Gasteiger partial charge in [0.25, 0.3) is 0 Å². The van der Waals surface area contributed by atoms with Gasteiger partial charge in [0.1, 0.15) is 5.75 Å². The largest absolute Gasteiger partial charge is 0.493 e. The smallest absolute Gasteiger partial charge is 0.338 e. The van der Waals surface area contributed by atoms with Crippen molar-refractivity contribution >= 4 is 11.7 Å². The molecular formula is C32H47N3O4. The lowest BCUT2D eigenvalue weighted by Crippen LogP contribution is -2.56. The molecule has 39 heavy (non-hydrogen) atoms. The minimum absolute atomic E-state index is 0.268. The number of anilines is 1. The summed E-state index contributed by atoms with van der Waals surface area (Å²) in [5, 5.41) is 10.1. The Hall–Kier alpha value is -2.61. The molecule has 0 aliphatic carbocycles. The summed E-state index contributed by atoms with van der Waals surface area (Å²) in [5.41, 5.74) is 2.41. The molecule has 2 aromatic carbocycles. The Kier molecular flexibility index (Phi) is 9.91. The minimum atomic E-state index is -0.632. The van der Waals surface area contributed by atoms with E-state index in [0.29, 0.717) is 30.2 Å². The Balaban J connectivity index is 1.23. The lowest BCUT2D eigenvalue weighted by Gasteiger charge is -2.45. The summed E-state index contributed by atoms with van der Waals surface area (Å²) in [6.07, 6.45) is 2.23. The van der Waals surface area contributed by atoms with Crippen LogP contribution < -0.4 is 9.64 Å². The average molecular weight is 538 g/mol. The van der Waals surface area contributed by atoms with Gasteiger partial charge in [0, 0.05) is 44.0 Å². The van der Waals surface area contributed by atoms with E-state index in [1.165, 1.54) is 5.56 Å². The van der Waals surface area contributed by atoms with Crippen molar-refractivity contribution in [2.75, 3.05) is 50.8 Å². The minimum Gasteiger partial charge on any atom is -0.493 e. The fourth-order valence-electron chi connectivity index (χ4n) is 5.88. The van der Waals surface area contributed by atoms with Crippen LogP contribution in [0.25, 0.3) is 0 Å². The van der Waals surface area contributed by atoms with E-state index in [1.54, 1.807) is 0 Å². The number of ether oxygens (including phenoxy) is 2. The monoisotopic (exact) mass is 537 g/mol. The normalized spacial score (nSPS) is 21.6. The summed E-state index contributed by atoms with van der Waals surface area (Å²) in [6.45, 7) is 16.9. The van der Waals surface area contributed by atoms with Gasteiger partial charge in [-0.25, -0.2) is 4.79 Å². The van der Waals surface area contributed by atoms with E-state index < -0.39 is 5.60 Å². The molecule has 2 saturated heterocycles. The van der Waals surface area contributed by atoms with Crippen molar-refractivity contribution in [2.45, 2.75) is 71.7 Å². The highest BCUT2D eigenvalue weighted by atomic mass is 16.5. The van der Waals surface area contributed by atoms with Gasteiger partial charge < -0.3 is 24.4 Å². The van der Waals surface area contributed by atoms with Crippen LogP contribution in [0.4, 0.5) is 5.69 Å². The fraction of sp³-hybridized carbons (Fsp3) is 0.594. The molecule has 2 heterocycles. The predicted octanol–water partition coefficient (Wildman–Crippen LogP) is 4.82. The van der Waals surface area contributed by atoms with Crippen molar-refractivity contribution < 1.29 is 19.4 Å². The number of hydrogen-bond acceptors (Lipinski definition) is 7. The predicted molar refractivity (Wildman–Crippen MR) is 156 cm³/mol. The number of piperazine rings is 1. The summed E-state index contributed by atoms with van der Waals surface area (Å²) in [6, 6.07) is 17.2. The van der Waals surface area contributed by atoms with Crippen LogP contribution >= 0.6 is 0 Å². The zero-order chi connectivity index (χ0) is 28.0. The second kappa shape index (κ2) is 13.2. The molecule has 4 rings (SSSR count). The molecule has 1 N–H and O–H groups in total. The van der Waals surface area contributed by atoms with Gasteiger partial charge in [-0.3, -0.25) is 4.90 Å². The Morgan fingerprint density at radius 3 is 2.15 bits per heavy atom. The van der Waals surface area contributed by atoms with Crippen molar-refractivity contribution in [1.82, 2.24) is 9.80 Å². The molecule has 2 atom stereocenters. The molecule has 214 valence electrons. The molecule has 7 heteroatoms. The van der Waals surface area contributed by atoms with Crippen molar-refractivity contribution in [3.8, 4) is 5.75 Å². The van der Waals surface area contributed by atoms with Crippen molar-refractivity contribution in [2.24, 2.45) is 5.92 Å². The third-order valence-electron chi connectivity index (χ3n) is 7.94. The maximum atomic E-state index is 12.0. The number of aliphatic hydroxyl groups is 1. The number of rotatable bonds is 10. The van der Waals surface area contributed by atoms with Gasteiger partial charge in [0.15, 0.2) is 0 Å². The number of esters is 1. The summed E-state index contributed by atoms with van der Waals surface area (Å²) in [4.78, 5) is 19.3. The molecule has 7 nitrogen and oxygen atoms in total. The lowest BCUT2D eigenvalue weighted by molar-refractivity contribution is 0.0212. The molecular weight excluding hydrogens is 490 g/mol. The Morgan fingerprint density at radius 1 is 0.974 bits per heavy atom. The highest BCUT2D eigenvalue weighted by Gasteiger charge is 2.30. The first-order valence-corrected chi connectivity index (χ1v) is 14.6. The molecule has 0 bridgehead atoms. The lowest BCUT2D eigenvalue weighted by atomic mass is 9.96. The summed E-state index contributed by atoms with van der Waals surface area (Å²) in [7, 11) is 0. The molecule has 2 fully saturated rings. The summed E-state index contributed by atoms with van der Waals surface area (Å²) < 4.78 is 11.3. The highest BCUT2D eigenvalue weighted by Crippen LogP contribution is 2.26. The van der Waals surface area contributed by atoms with E-state index in [1.807, 2.05) is 45.0 Å². The number of β-amino-alcohol motifs (C(OH)–C–C–N with tert-alkyl or cyclic N) is 1. The van der Waals surface area contributed by atoms with E-state index in [4.69, 9.17) is 9.47 Å². The van der Waals surface area contributed by atoms with Crippen LogP contribution in [0.15, 0.2) is 48.5 Å². The second-order valence-corrected chi connectivity index (χ2v) is 12.0. The maximum absolute atomic E-state index is 12.0. The fourth-order valence-corrected chi connectivity index (χ4v) is 5.88. The quantitative estimate of drug-likeness (QED) is 0.436. The zero-order valence-electron chi connectivity index (χ0n) is 24.4. The molecule has 0 amide bonds. The van der Waals surface area contributed by atoms with Gasteiger partial charge in [0.2, 0.25) is 0 Å². The number of hydrogen-bond donors (Lipinski definition) is 1. The number of carbonyl (C=O) groups excluding carboxylic acids is 1. The topological polar surface area (TPSA) is 65.5 Å². The number of piperidine rings is 1.